The van der Waals surface area contributed by atoms with Crippen molar-refractivity contribution in [2.24, 2.45) is 4.99 Å². The molecule has 3 rings (SSSR count). The van der Waals surface area contributed by atoms with Crippen molar-refractivity contribution in [1.82, 2.24) is 25.2 Å². The molecule has 0 amide bonds. The van der Waals surface area contributed by atoms with Gasteiger partial charge in [0.15, 0.2) is 5.96 Å². The Kier molecular flexibility index (Phi) is 10.1. The zero-order chi connectivity index (χ0) is 22.2. The highest BCUT2D eigenvalue weighted by molar-refractivity contribution is 14.0. The van der Waals surface area contributed by atoms with E-state index in [4.69, 9.17) is 4.74 Å². The molecular formula is C22H29IN6O2S. The normalized spacial score (nSPS) is 12.1. The molecule has 0 saturated carbocycles. The first-order valence-corrected chi connectivity index (χ1v) is 11.0. The summed E-state index contributed by atoms with van der Waals surface area (Å²) in [4.78, 5) is 25.9. The van der Waals surface area contributed by atoms with Gasteiger partial charge in [-0.1, -0.05) is 30.3 Å². The van der Waals surface area contributed by atoms with Gasteiger partial charge in [0.2, 0.25) is 0 Å². The van der Waals surface area contributed by atoms with E-state index in [0.29, 0.717) is 29.7 Å². The van der Waals surface area contributed by atoms with Crippen LogP contribution in [0.1, 0.15) is 51.7 Å². The zero-order valence-electron chi connectivity index (χ0n) is 18.7. The highest BCUT2D eigenvalue weighted by Crippen LogP contribution is 2.24. The smallest absolute Gasteiger partial charge is 0.350 e. The number of aliphatic imine (C=N–C) groups is 1. The van der Waals surface area contributed by atoms with E-state index in [1.807, 2.05) is 38.2 Å². The van der Waals surface area contributed by atoms with Gasteiger partial charge in [0.25, 0.3) is 0 Å². The first-order chi connectivity index (χ1) is 15.0. The fourth-order valence-electron chi connectivity index (χ4n) is 3.04. The highest BCUT2D eigenvalue weighted by Gasteiger charge is 2.20. The Morgan fingerprint density at radius 3 is 2.75 bits per heavy atom. The third-order valence-electron chi connectivity index (χ3n) is 4.63. The van der Waals surface area contributed by atoms with Crippen LogP contribution in [0.2, 0.25) is 0 Å². The number of nitrogens with one attached hydrogen (secondary N) is 2. The van der Waals surface area contributed by atoms with E-state index in [1.165, 1.54) is 16.9 Å². The lowest BCUT2D eigenvalue weighted by atomic mass is 10.2. The number of esters is 1. The van der Waals surface area contributed by atoms with Crippen molar-refractivity contribution in [2.45, 2.75) is 39.9 Å². The molecule has 10 heteroatoms. The van der Waals surface area contributed by atoms with Gasteiger partial charge in [0.1, 0.15) is 15.7 Å². The van der Waals surface area contributed by atoms with Crippen LogP contribution >= 0.6 is 35.3 Å². The van der Waals surface area contributed by atoms with E-state index in [0.717, 1.165) is 17.4 Å². The maximum atomic E-state index is 12.1. The van der Waals surface area contributed by atoms with Gasteiger partial charge in [-0.05, 0) is 26.3 Å². The predicted molar refractivity (Wildman–Crippen MR) is 138 cm³/mol. The van der Waals surface area contributed by atoms with Crippen LogP contribution in [-0.4, -0.2) is 40.1 Å². The molecule has 0 spiro atoms. The predicted octanol–water partition coefficient (Wildman–Crippen LogP) is 3.92. The highest BCUT2D eigenvalue weighted by atomic mass is 127. The van der Waals surface area contributed by atoms with E-state index >= 15 is 0 Å². The Balaban J connectivity index is 0.00000363. The second kappa shape index (κ2) is 12.5. The van der Waals surface area contributed by atoms with Crippen molar-refractivity contribution in [3.8, 4) is 0 Å². The monoisotopic (exact) mass is 568 g/mol. The molecule has 0 aliphatic rings. The molecule has 172 valence electrons. The summed E-state index contributed by atoms with van der Waals surface area (Å²) in [5, 5.41) is 7.43. The van der Waals surface area contributed by atoms with Gasteiger partial charge in [-0.3, -0.25) is 4.99 Å². The molecule has 0 radical (unpaired) electrons. The van der Waals surface area contributed by atoms with Gasteiger partial charge in [-0.15, -0.1) is 35.3 Å². The van der Waals surface area contributed by atoms with Gasteiger partial charge in [-0.2, -0.15) is 0 Å². The number of imidazole rings is 1. The van der Waals surface area contributed by atoms with Crippen molar-refractivity contribution in [2.75, 3.05) is 13.7 Å². The lowest BCUT2D eigenvalue weighted by Crippen LogP contribution is -2.38. The molecule has 1 unspecified atom stereocenters. The van der Waals surface area contributed by atoms with Gasteiger partial charge in [0.05, 0.1) is 24.9 Å². The molecule has 3 aromatic rings. The van der Waals surface area contributed by atoms with E-state index in [-0.39, 0.29) is 36.0 Å². The third kappa shape index (κ3) is 6.76. The van der Waals surface area contributed by atoms with Crippen molar-refractivity contribution in [3.63, 3.8) is 0 Å². The largest absolute Gasteiger partial charge is 0.462 e. The summed E-state index contributed by atoms with van der Waals surface area (Å²) in [5.41, 5.74) is 1.90. The number of halogens is 1. The Morgan fingerprint density at radius 1 is 1.31 bits per heavy atom. The van der Waals surface area contributed by atoms with Crippen molar-refractivity contribution in [3.05, 3.63) is 69.7 Å². The molecular weight excluding hydrogens is 539 g/mol. The van der Waals surface area contributed by atoms with E-state index < -0.39 is 0 Å². The molecule has 2 heterocycles. The van der Waals surface area contributed by atoms with Crippen LogP contribution in [0, 0.1) is 6.92 Å². The molecule has 0 fully saturated rings. The van der Waals surface area contributed by atoms with Gasteiger partial charge < -0.3 is 19.9 Å². The maximum Gasteiger partial charge on any atom is 0.350 e. The summed E-state index contributed by atoms with van der Waals surface area (Å²) in [7, 11) is 1.72. The number of nitrogens with zero attached hydrogens (tertiary/aromatic N) is 4. The SMILES string of the molecule is CCOC(=O)c1sc(C(C)NC(=NC)NCc2nccn2Cc2ccccc2)nc1C.I. The lowest BCUT2D eigenvalue weighted by Gasteiger charge is -2.16. The number of carbonyl (C=O) groups is 1. The second-order valence-corrected chi connectivity index (χ2v) is 7.97. The molecule has 32 heavy (non-hydrogen) atoms. The van der Waals surface area contributed by atoms with Crippen LogP contribution in [0.25, 0.3) is 0 Å². The second-order valence-electron chi connectivity index (χ2n) is 6.94. The lowest BCUT2D eigenvalue weighted by molar-refractivity contribution is 0.0531. The Labute approximate surface area is 209 Å². The summed E-state index contributed by atoms with van der Waals surface area (Å²) in [6, 6.07) is 10.1. The molecule has 0 saturated heterocycles. The number of aryl methyl sites for hydroxylation is 1. The van der Waals surface area contributed by atoms with Crippen LogP contribution in [0.15, 0.2) is 47.7 Å². The number of carbonyl (C=O) groups excluding carboxylic acids is 1. The minimum atomic E-state index is -0.330. The number of rotatable bonds is 8. The van der Waals surface area contributed by atoms with Gasteiger partial charge in [0, 0.05) is 26.0 Å². The van der Waals surface area contributed by atoms with Crippen molar-refractivity contribution >= 4 is 47.2 Å². The fraction of sp³-hybridized carbons (Fsp3) is 0.364. The summed E-state index contributed by atoms with van der Waals surface area (Å²) < 4.78 is 7.21. The molecule has 2 N–H and O–H groups in total. The average molecular weight is 568 g/mol. The Hall–Kier alpha value is -2.47. The van der Waals surface area contributed by atoms with Crippen molar-refractivity contribution in [1.29, 1.82) is 0 Å². The van der Waals surface area contributed by atoms with Crippen LogP contribution in [0.4, 0.5) is 0 Å². The molecule has 0 aliphatic carbocycles. The van der Waals surface area contributed by atoms with Crippen LogP contribution in [0.5, 0.6) is 0 Å². The number of hydrogen-bond donors (Lipinski definition) is 2. The average Bonchev–Trinajstić information content (AvgIpc) is 3.38. The number of hydrogen-bond acceptors (Lipinski definition) is 6. The number of guanidine groups is 1. The minimum absolute atomic E-state index is 0. The van der Waals surface area contributed by atoms with Gasteiger partial charge >= 0.3 is 5.97 Å². The zero-order valence-corrected chi connectivity index (χ0v) is 21.8. The summed E-state index contributed by atoms with van der Waals surface area (Å²) in [6.07, 6.45) is 3.77. The van der Waals surface area contributed by atoms with Crippen LogP contribution < -0.4 is 10.6 Å². The first kappa shape index (κ1) is 25.8. The summed E-state index contributed by atoms with van der Waals surface area (Å²) >= 11 is 1.34. The quantitative estimate of drug-likeness (QED) is 0.185. The van der Waals surface area contributed by atoms with Crippen LogP contribution in [-0.2, 0) is 17.8 Å². The molecule has 1 atom stereocenters. The number of thiazole rings is 1. The molecule has 8 nitrogen and oxygen atoms in total. The molecule has 1 aromatic carbocycles. The number of aromatic nitrogens is 3. The number of ether oxygens (including phenoxy) is 1. The fourth-order valence-corrected chi connectivity index (χ4v) is 4.01. The number of benzene rings is 1. The Bertz CT molecular complexity index is 1030. The third-order valence-corrected chi connectivity index (χ3v) is 5.95. The van der Waals surface area contributed by atoms with Crippen LogP contribution in [0.3, 0.4) is 0 Å². The standard InChI is InChI=1S/C22H28N6O2S.HI/c1-5-30-21(29)19-15(2)26-20(31-19)16(3)27-22(23-4)25-13-18-24-11-12-28(18)14-17-9-7-6-8-10-17;/h6-12,16H,5,13-14H2,1-4H3,(H2,23,25,27);1H. The summed E-state index contributed by atoms with van der Waals surface area (Å²) in [5.74, 6) is 1.21. The minimum Gasteiger partial charge on any atom is -0.462 e. The van der Waals surface area contributed by atoms with Gasteiger partial charge in [-0.25, -0.2) is 14.8 Å². The molecule has 2 aromatic heterocycles. The first-order valence-electron chi connectivity index (χ1n) is 10.2. The van der Waals surface area contributed by atoms with Crippen molar-refractivity contribution < 1.29 is 9.53 Å². The van der Waals surface area contributed by atoms with E-state index in [1.54, 1.807) is 20.2 Å². The molecule has 0 bridgehead atoms. The van der Waals surface area contributed by atoms with E-state index in [2.05, 4.69) is 42.3 Å². The van der Waals surface area contributed by atoms with E-state index in [9.17, 15) is 4.79 Å². The maximum absolute atomic E-state index is 12.1. The Morgan fingerprint density at radius 2 is 2.06 bits per heavy atom. The summed E-state index contributed by atoms with van der Waals surface area (Å²) in [6.45, 7) is 7.22. The molecule has 0 aliphatic heterocycles. The topological polar surface area (TPSA) is 93.4 Å².